The fraction of sp³-hybridized carbons (Fsp3) is 0.364. The molecule has 0 aromatic heterocycles. The van der Waals surface area contributed by atoms with E-state index in [9.17, 15) is 22.4 Å². The fourth-order valence-corrected chi connectivity index (χ4v) is 4.38. The number of sulfonamides is 1. The summed E-state index contributed by atoms with van der Waals surface area (Å²) in [5.41, 5.74) is 1.04. The van der Waals surface area contributed by atoms with Crippen molar-refractivity contribution < 1.29 is 22.4 Å². The van der Waals surface area contributed by atoms with Crippen molar-refractivity contribution in [3.63, 3.8) is 0 Å². The zero-order valence-corrected chi connectivity index (χ0v) is 18.3. The van der Waals surface area contributed by atoms with Crippen LogP contribution in [0, 0.1) is 18.7 Å². The van der Waals surface area contributed by atoms with Crippen molar-refractivity contribution >= 4 is 33.2 Å². The number of anilines is 2. The number of carbonyl (C=O) groups excluding carboxylic acids is 2. The second-order valence-electron chi connectivity index (χ2n) is 7.66. The van der Waals surface area contributed by atoms with Gasteiger partial charge in [0.05, 0.1) is 10.6 Å². The first-order chi connectivity index (χ1) is 14.7. The minimum Gasteiger partial charge on any atom is -0.323 e. The van der Waals surface area contributed by atoms with Crippen molar-refractivity contribution in [1.29, 1.82) is 0 Å². The van der Waals surface area contributed by atoms with Gasteiger partial charge in [-0.3, -0.25) is 9.59 Å². The number of nitrogens with one attached hydrogen (secondary N) is 3. The number of carbonyl (C=O) groups is 2. The van der Waals surface area contributed by atoms with Gasteiger partial charge in [-0.1, -0.05) is 25.3 Å². The van der Waals surface area contributed by atoms with Crippen LogP contribution in [0.25, 0.3) is 0 Å². The van der Waals surface area contributed by atoms with Gasteiger partial charge in [-0.25, -0.2) is 17.5 Å². The summed E-state index contributed by atoms with van der Waals surface area (Å²) in [5, 5.41) is 5.27. The molecular weight excluding hydrogens is 421 g/mol. The molecule has 1 saturated carbocycles. The van der Waals surface area contributed by atoms with Crippen molar-refractivity contribution in [2.45, 2.75) is 43.9 Å². The summed E-state index contributed by atoms with van der Waals surface area (Å²) in [5.74, 6) is -1.49. The van der Waals surface area contributed by atoms with Crippen LogP contribution in [0.5, 0.6) is 0 Å². The van der Waals surface area contributed by atoms with Gasteiger partial charge in [0, 0.05) is 17.2 Å². The molecule has 166 valence electrons. The molecule has 2 aromatic rings. The topological polar surface area (TPSA) is 104 Å². The zero-order chi connectivity index (χ0) is 22.6. The van der Waals surface area contributed by atoms with E-state index in [4.69, 9.17) is 0 Å². The lowest BCUT2D eigenvalue weighted by Crippen LogP contribution is -2.25. The van der Waals surface area contributed by atoms with Crippen LogP contribution in [-0.2, 0) is 14.8 Å². The number of aryl methyl sites for hydroxylation is 1. The summed E-state index contributed by atoms with van der Waals surface area (Å²) < 4.78 is 40.5. The van der Waals surface area contributed by atoms with Crippen LogP contribution in [0.4, 0.5) is 15.8 Å². The lowest BCUT2D eigenvalue weighted by molar-refractivity contribution is -0.120. The quantitative estimate of drug-likeness (QED) is 0.626. The molecule has 0 radical (unpaired) electrons. The van der Waals surface area contributed by atoms with Gasteiger partial charge in [0.1, 0.15) is 5.82 Å². The molecular formula is C22H26FN3O4S. The number of halogens is 1. The van der Waals surface area contributed by atoms with E-state index in [2.05, 4.69) is 15.4 Å². The predicted molar refractivity (Wildman–Crippen MR) is 117 cm³/mol. The Morgan fingerprint density at radius 3 is 2.39 bits per heavy atom. The molecule has 0 bridgehead atoms. The van der Waals surface area contributed by atoms with Gasteiger partial charge in [-0.05, 0) is 62.7 Å². The largest absolute Gasteiger partial charge is 0.323 e. The highest BCUT2D eigenvalue weighted by atomic mass is 32.2. The highest BCUT2D eigenvalue weighted by Gasteiger charge is 2.22. The number of hydrogen-bond acceptors (Lipinski definition) is 4. The molecule has 0 atom stereocenters. The average molecular weight is 448 g/mol. The number of amides is 2. The van der Waals surface area contributed by atoms with E-state index in [1.165, 1.54) is 37.4 Å². The standard InChI is InChI=1S/C22H26FN3O4S/c1-14-8-10-17(31(29,30)24-2)13-18(14)22(28)25-16-9-11-19(23)20(12-16)26-21(27)15-6-4-3-5-7-15/h8-13,15,24H,3-7H2,1-2H3,(H,25,28)(H,26,27). The molecule has 2 aromatic carbocycles. The maximum Gasteiger partial charge on any atom is 0.255 e. The number of rotatable bonds is 6. The highest BCUT2D eigenvalue weighted by Crippen LogP contribution is 2.27. The molecule has 0 spiro atoms. The Labute approximate surface area is 181 Å². The summed E-state index contributed by atoms with van der Waals surface area (Å²) in [4.78, 5) is 25.2. The second kappa shape index (κ2) is 9.57. The molecule has 1 aliphatic rings. The first kappa shape index (κ1) is 22.9. The van der Waals surface area contributed by atoms with Crippen molar-refractivity contribution in [2.24, 2.45) is 5.92 Å². The van der Waals surface area contributed by atoms with E-state index in [0.29, 0.717) is 5.56 Å². The Bertz CT molecular complexity index is 1100. The average Bonchev–Trinajstić information content (AvgIpc) is 2.76. The third-order valence-corrected chi connectivity index (χ3v) is 6.90. The number of hydrogen-bond donors (Lipinski definition) is 3. The summed E-state index contributed by atoms with van der Waals surface area (Å²) in [6.45, 7) is 1.69. The Hall–Kier alpha value is -2.78. The van der Waals surface area contributed by atoms with E-state index >= 15 is 0 Å². The summed E-state index contributed by atoms with van der Waals surface area (Å²) in [6, 6.07) is 8.14. The summed E-state index contributed by atoms with van der Waals surface area (Å²) in [6.07, 6.45) is 4.65. The van der Waals surface area contributed by atoms with Crippen LogP contribution in [-0.4, -0.2) is 27.3 Å². The highest BCUT2D eigenvalue weighted by molar-refractivity contribution is 7.89. The van der Waals surface area contributed by atoms with Crippen molar-refractivity contribution in [3.8, 4) is 0 Å². The van der Waals surface area contributed by atoms with Gasteiger partial charge >= 0.3 is 0 Å². The summed E-state index contributed by atoms with van der Waals surface area (Å²) >= 11 is 0. The minimum atomic E-state index is -3.71. The predicted octanol–water partition coefficient (Wildman–Crippen LogP) is 3.81. The molecule has 31 heavy (non-hydrogen) atoms. The van der Waals surface area contributed by atoms with E-state index in [0.717, 1.165) is 32.1 Å². The third kappa shape index (κ3) is 5.48. The van der Waals surface area contributed by atoms with Gasteiger partial charge in [-0.15, -0.1) is 0 Å². The molecule has 3 rings (SSSR count). The Morgan fingerprint density at radius 2 is 1.71 bits per heavy atom. The zero-order valence-electron chi connectivity index (χ0n) is 17.5. The molecule has 7 nitrogen and oxygen atoms in total. The molecule has 9 heteroatoms. The first-order valence-electron chi connectivity index (χ1n) is 10.2. The van der Waals surface area contributed by atoms with Crippen LogP contribution in [0.3, 0.4) is 0 Å². The van der Waals surface area contributed by atoms with Crippen molar-refractivity contribution in [2.75, 3.05) is 17.7 Å². The third-order valence-electron chi connectivity index (χ3n) is 5.49. The van der Waals surface area contributed by atoms with Gasteiger partial charge in [0.2, 0.25) is 15.9 Å². The Morgan fingerprint density at radius 1 is 1.00 bits per heavy atom. The SMILES string of the molecule is CNS(=O)(=O)c1ccc(C)c(C(=O)Nc2ccc(F)c(NC(=O)C3CCCCC3)c2)c1. The van der Waals surface area contributed by atoms with E-state index < -0.39 is 21.7 Å². The lowest BCUT2D eigenvalue weighted by Gasteiger charge is -2.21. The Kier molecular flexibility index (Phi) is 7.07. The van der Waals surface area contributed by atoms with Crippen molar-refractivity contribution in [1.82, 2.24) is 4.72 Å². The van der Waals surface area contributed by atoms with Crippen LogP contribution < -0.4 is 15.4 Å². The van der Waals surface area contributed by atoms with E-state index in [-0.39, 0.29) is 33.7 Å². The van der Waals surface area contributed by atoms with Crippen LogP contribution in [0.1, 0.15) is 48.0 Å². The maximum absolute atomic E-state index is 14.2. The van der Waals surface area contributed by atoms with Crippen LogP contribution in [0.2, 0.25) is 0 Å². The molecule has 1 aliphatic carbocycles. The lowest BCUT2D eigenvalue weighted by atomic mass is 9.88. The van der Waals surface area contributed by atoms with Gasteiger partial charge in [-0.2, -0.15) is 0 Å². The number of benzene rings is 2. The van der Waals surface area contributed by atoms with E-state index in [1.807, 2.05) is 0 Å². The summed E-state index contributed by atoms with van der Waals surface area (Å²) in [7, 11) is -2.42. The molecule has 0 saturated heterocycles. The molecule has 0 unspecified atom stereocenters. The van der Waals surface area contributed by atoms with E-state index in [1.54, 1.807) is 13.0 Å². The molecule has 0 aliphatic heterocycles. The van der Waals surface area contributed by atoms with Crippen molar-refractivity contribution in [3.05, 3.63) is 53.3 Å². The second-order valence-corrected chi connectivity index (χ2v) is 9.54. The first-order valence-corrected chi connectivity index (χ1v) is 11.7. The van der Waals surface area contributed by atoms with Gasteiger partial charge in [0.25, 0.3) is 5.91 Å². The Balaban J connectivity index is 1.78. The van der Waals surface area contributed by atoms with Gasteiger partial charge in [0.15, 0.2) is 0 Å². The van der Waals surface area contributed by atoms with Crippen LogP contribution in [0.15, 0.2) is 41.3 Å². The van der Waals surface area contributed by atoms with Gasteiger partial charge < -0.3 is 10.6 Å². The monoisotopic (exact) mass is 447 g/mol. The molecule has 2 amide bonds. The fourth-order valence-electron chi connectivity index (χ4n) is 3.63. The smallest absolute Gasteiger partial charge is 0.255 e. The maximum atomic E-state index is 14.2. The van der Waals surface area contributed by atoms with Crippen LogP contribution >= 0.6 is 0 Å². The minimum absolute atomic E-state index is 0.00314. The molecule has 0 heterocycles. The molecule has 3 N–H and O–H groups in total. The molecule has 1 fully saturated rings. The normalized spacial score (nSPS) is 14.8.